The van der Waals surface area contributed by atoms with Crippen LogP contribution in [0.4, 0.5) is 24.8 Å². The lowest BCUT2D eigenvalue weighted by Crippen LogP contribution is -2.30. The number of alkyl halides is 3. The summed E-state index contributed by atoms with van der Waals surface area (Å²) in [5.74, 6) is 0.703. The van der Waals surface area contributed by atoms with Crippen molar-refractivity contribution in [1.29, 1.82) is 0 Å². The first-order valence-electron chi connectivity index (χ1n) is 12.3. The quantitative estimate of drug-likeness (QED) is 0.281. The number of imidazole rings is 1. The Bertz CT molecular complexity index is 1540. The second-order valence-electron chi connectivity index (χ2n) is 9.28. The third kappa shape index (κ3) is 5.75. The number of pyridine rings is 1. The van der Waals surface area contributed by atoms with Crippen LogP contribution in [-0.2, 0) is 13.2 Å². The molecule has 40 heavy (non-hydrogen) atoms. The number of likely N-dealkylation sites (N-methyl/N-ethyl adjacent to an activating group) is 1. The Morgan fingerprint density at radius 3 is 2.70 bits per heavy atom. The molecule has 5 rings (SSSR count). The smallest absolute Gasteiger partial charge is 0.416 e. The summed E-state index contributed by atoms with van der Waals surface area (Å²) in [4.78, 5) is 19.0. The molecule has 1 saturated heterocycles. The molecule has 0 bridgehead atoms. The van der Waals surface area contributed by atoms with Crippen LogP contribution >= 0.6 is 11.6 Å². The van der Waals surface area contributed by atoms with Gasteiger partial charge in [0, 0.05) is 43.4 Å². The Morgan fingerprint density at radius 2 is 2.02 bits per heavy atom. The minimum atomic E-state index is -4.57. The van der Waals surface area contributed by atoms with Gasteiger partial charge in [0.1, 0.15) is 28.6 Å². The summed E-state index contributed by atoms with van der Waals surface area (Å²) in [6.45, 7) is 1.23. The highest BCUT2D eigenvalue weighted by molar-refractivity contribution is 6.36. The van der Waals surface area contributed by atoms with Gasteiger partial charge in [-0.2, -0.15) is 18.2 Å². The number of benzene rings is 1. The fourth-order valence-electron chi connectivity index (χ4n) is 4.44. The van der Waals surface area contributed by atoms with E-state index >= 15 is 0 Å². The van der Waals surface area contributed by atoms with Gasteiger partial charge >= 0.3 is 6.18 Å². The van der Waals surface area contributed by atoms with Crippen molar-refractivity contribution in [3.8, 4) is 11.5 Å². The predicted molar refractivity (Wildman–Crippen MR) is 144 cm³/mol. The highest BCUT2D eigenvalue weighted by Gasteiger charge is 2.32. The maximum atomic E-state index is 13.7. The number of nitrogens with zero attached hydrogens (tertiary/aromatic N) is 6. The number of hydrogen-bond acceptors (Lipinski definition) is 9. The molecule has 0 amide bonds. The zero-order valence-corrected chi connectivity index (χ0v) is 22.4. The van der Waals surface area contributed by atoms with Gasteiger partial charge < -0.3 is 30.0 Å². The number of likely N-dealkylation sites (tertiary alicyclic amines) is 1. The van der Waals surface area contributed by atoms with Gasteiger partial charge in [-0.1, -0.05) is 11.6 Å². The number of anilines is 2. The van der Waals surface area contributed by atoms with E-state index in [2.05, 4.69) is 30.2 Å². The molecule has 14 heteroatoms. The lowest BCUT2D eigenvalue weighted by Gasteiger charge is -2.20. The largest absolute Gasteiger partial charge is 0.492 e. The van der Waals surface area contributed by atoms with E-state index < -0.39 is 11.7 Å². The lowest BCUT2D eigenvalue weighted by atomic mass is 10.1. The van der Waals surface area contributed by atoms with Gasteiger partial charge in [-0.25, -0.2) is 9.97 Å². The fraction of sp³-hybridized carbons (Fsp3) is 0.308. The average molecular weight is 575 g/mol. The van der Waals surface area contributed by atoms with Crippen molar-refractivity contribution < 1.29 is 22.6 Å². The van der Waals surface area contributed by atoms with Crippen molar-refractivity contribution >= 4 is 40.2 Å². The first-order chi connectivity index (χ1) is 19.1. The van der Waals surface area contributed by atoms with Crippen molar-refractivity contribution in [1.82, 2.24) is 29.4 Å². The highest BCUT2D eigenvalue weighted by Crippen LogP contribution is 2.37. The third-order valence-electron chi connectivity index (χ3n) is 6.60. The maximum absolute atomic E-state index is 13.7. The van der Waals surface area contributed by atoms with Crippen LogP contribution in [-0.4, -0.2) is 55.6 Å². The molecule has 1 atom stereocenters. The van der Waals surface area contributed by atoms with Crippen molar-refractivity contribution in [3.63, 3.8) is 0 Å². The molecule has 1 aliphatic heterocycles. The average Bonchev–Trinajstić information content (AvgIpc) is 3.49. The minimum Gasteiger partial charge on any atom is -0.492 e. The van der Waals surface area contributed by atoms with E-state index in [0.29, 0.717) is 17.8 Å². The van der Waals surface area contributed by atoms with Crippen LogP contribution in [0.1, 0.15) is 24.1 Å². The number of rotatable bonds is 8. The molecule has 0 radical (unpaired) electrons. The standard InChI is InChI=1S/C26H26ClF3N8O2/c1-37-7-3-4-17(37)14-39-18-9-15(26(28,29)30)8-16(10-18)35-25-36-24-23(38(25)2)22(27)21(13-34-24)40-20(11-31)19-12-32-5-6-33-19/h5-6,8-13,17H,3-4,7,14,31H2,1-2H3,(H,34,35,36)/t17-/m1/s1. The summed E-state index contributed by atoms with van der Waals surface area (Å²) in [6.07, 6.45) is 4.46. The Hall–Kier alpha value is -4.10. The second kappa shape index (κ2) is 11.2. The van der Waals surface area contributed by atoms with E-state index in [-0.39, 0.29) is 45.6 Å². The van der Waals surface area contributed by atoms with Crippen LogP contribution in [0.5, 0.6) is 11.5 Å². The number of aromatic nitrogens is 5. The molecule has 0 aliphatic carbocycles. The summed E-state index contributed by atoms with van der Waals surface area (Å²) < 4.78 is 54.4. The van der Waals surface area contributed by atoms with E-state index in [4.69, 9.17) is 26.8 Å². The molecular weight excluding hydrogens is 549 g/mol. The lowest BCUT2D eigenvalue weighted by molar-refractivity contribution is -0.137. The molecule has 210 valence electrons. The molecule has 4 aromatic rings. The fourth-order valence-corrected chi connectivity index (χ4v) is 4.74. The Labute approximate surface area is 232 Å². The third-order valence-corrected chi connectivity index (χ3v) is 6.96. The van der Waals surface area contributed by atoms with Crippen LogP contribution in [0.2, 0.25) is 5.02 Å². The van der Waals surface area contributed by atoms with Gasteiger partial charge in [0.2, 0.25) is 5.95 Å². The van der Waals surface area contributed by atoms with E-state index in [1.54, 1.807) is 11.6 Å². The normalized spacial score (nSPS) is 16.4. The monoisotopic (exact) mass is 574 g/mol. The van der Waals surface area contributed by atoms with Crippen LogP contribution in [0.15, 0.2) is 49.2 Å². The first-order valence-corrected chi connectivity index (χ1v) is 12.7. The number of ether oxygens (including phenoxy) is 2. The summed E-state index contributed by atoms with van der Waals surface area (Å²) in [5.41, 5.74) is 6.05. The molecule has 0 spiro atoms. The summed E-state index contributed by atoms with van der Waals surface area (Å²) in [6, 6.07) is 3.65. The van der Waals surface area contributed by atoms with Gasteiger partial charge in [0.15, 0.2) is 17.2 Å². The van der Waals surface area contributed by atoms with Crippen LogP contribution in [0.3, 0.4) is 0 Å². The number of nitrogens with two attached hydrogens (primary N) is 1. The van der Waals surface area contributed by atoms with Gasteiger partial charge in [-0.3, -0.25) is 4.98 Å². The number of nitrogens with one attached hydrogen (secondary N) is 1. The molecule has 4 heterocycles. The molecular formula is C26H26ClF3N8O2. The van der Waals surface area contributed by atoms with Gasteiger partial charge in [0.05, 0.1) is 18.0 Å². The molecule has 0 saturated carbocycles. The zero-order valence-electron chi connectivity index (χ0n) is 21.6. The molecule has 1 aromatic carbocycles. The SMILES string of the molecule is CN1CCC[C@@H]1COc1cc(Nc2nc3ncc(OC(=CN)c4cnccn4)c(Cl)c3n2C)cc(C(F)(F)F)c1. The molecule has 10 nitrogen and oxygen atoms in total. The van der Waals surface area contributed by atoms with Crippen molar-refractivity contribution in [2.24, 2.45) is 12.8 Å². The highest BCUT2D eigenvalue weighted by atomic mass is 35.5. The predicted octanol–water partition coefficient (Wildman–Crippen LogP) is 4.98. The molecule has 1 aliphatic rings. The van der Waals surface area contributed by atoms with Gasteiger partial charge in [-0.05, 0) is 38.6 Å². The Morgan fingerprint density at radius 1 is 1.20 bits per heavy atom. The van der Waals surface area contributed by atoms with Crippen LogP contribution in [0.25, 0.3) is 16.9 Å². The van der Waals surface area contributed by atoms with E-state index in [9.17, 15) is 13.2 Å². The van der Waals surface area contributed by atoms with Crippen molar-refractivity contribution in [2.75, 3.05) is 25.5 Å². The van der Waals surface area contributed by atoms with Crippen molar-refractivity contribution in [3.05, 3.63) is 65.5 Å². The van der Waals surface area contributed by atoms with Gasteiger partial charge in [-0.15, -0.1) is 0 Å². The first kappa shape index (κ1) is 27.5. The molecule has 0 unspecified atom stereocenters. The number of hydrogen-bond donors (Lipinski definition) is 2. The number of halogens is 4. The zero-order chi connectivity index (χ0) is 28.4. The van der Waals surface area contributed by atoms with E-state index in [1.807, 2.05) is 7.05 Å². The van der Waals surface area contributed by atoms with Crippen LogP contribution in [0, 0.1) is 0 Å². The maximum Gasteiger partial charge on any atom is 0.416 e. The summed E-state index contributed by atoms with van der Waals surface area (Å²) in [5, 5.41) is 3.12. The van der Waals surface area contributed by atoms with Crippen molar-refractivity contribution in [2.45, 2.75) is 25.1 Å². The summed E-state index contributed by atoms with van der Waals surface area (Å²) in [7, 11) is 3.63. The van der Waals surface area contributed by atoms with Crippen LogP contribution < -0.4 is 20.5 Å². The number of aryl methyl sites for hydroxylation is 1. The summed E-state index contributed by atoms with van der Waals surface area (Å²) >= 11 is 6.65. The number of fused-ring (bicyclic) bond motifs is 1. The van der Waals surface area contributed by atoms with E-state index in [1.165, 1.54) is 37.1 Å². The van der Waals surface area contributed by atoms with E-state index in [0.717, 1.165) is 31.5 Å². The Balaban J connectivity index is 1.43. The molecule has 3 aromatic heterocycles. The topological polar surface area (TPSA) is 116 Å². The minimum absolute atomic E-state index is 0.105. The Kier molecular flexibility index (Phi) is 7.68. The second-order valence-corrected chi connectivity index (χ2v) is 9.66. The molecule has 3 N–H and O–H groups in total. The van der Waals surface area contributed by atoms with Gasteiger partial charge in [0.25, 0.3) is 0 Å². The molecule has 1 fully saturated rings.